The Hall–Kier alpha value is -2.56. The summed E-state index contributed by atoms with van der Waals surface area (Å²) < 4.78 is 0. The fraction of sp³-hybridized carbons (Fsp3) is 0.400. The van der Waals surface area contributed by atoms with Gasteiger partial charge in [0.1, 0.15) is 0 Å². The fourth-order valence-electron chi connectivity index (χ4n) is 3.65. The summed E-state index contributed by atoms with van der Waals surface area (Å²) in [5.41, 5.74) is 5.45. The van der Waals surface area contributed by atoms with Gasteiger partial charge in [0.2, 0.25) is 5.91 Å². The predicted octanol–water partition coefficient (Wildman–Crippen LogP) is 3.13. The maximum atomic E-state index is 12.0. The maximum absolute atomic E-state index is 12.0. The van der Waals surface area contributed by atoms with Gasteiger partial charge in [-0.15, -0.1) is 0 Å². The number of carbonyl (C=O) groups is 1. The molecule has 2 N–H and O–H groups in total. The molecule has 3 heterocycles. The number of rotatable bonds is 5. The number of nitrogens with zero attached hydrogens (tertiary/aromatic N) is 2. The second-order valence-corrected chi connectivity index (χ2v) is 7.03. The van der Waals surface area contributed by atoms with E-state index in [1.54, 1.807) is 0 Å². The van der Waals surface area contributed by atoms with Crippen LogP contribution in [0.4, 0.5) is 5.69 Å². The third-order valence-corrected chi connectivity index (χ3v) is 5.20. The van der Waals surface area contributed by atoms with Gasteiger partial charge in [0, 0.05) is 60.0 Å². The van der Waals surface area contributed by atoms with Crippen LogP contribution >= 0.6 is 0 Å². The lowest BCUT2D eigenvalue weighted by Gasteiger charge is -2.23. The Balaban J connectivity index is 1.61. The molecule has 1 aliphatic carbocycles. The molecule has 1 atom stereocenters. The Morgan fingerprint density at radius 3 is 2.92 bits per heavy atom. The Labute approximate surface area is 148 Å². The summed E-state index contributed by atoms with van der Waals surface area (Å²) in [5.74, 6) is 0.496. The zero-order valence-corrected chi connectivity index (χ0v) is 14.6. The molecule has 130 valence electrons. The van der Waals surface area contributed by atoms with Crippen LogP contribution in [-0.2, 0) is 4.79 Å². The van der Waals surface area contributed by atoms with Crippen LogP contribution in [0.2, 0.25) is 0 Å². The summed E-state index contributed by atoms with van der Waals surface area (Å²) in [7, 11) is 0. The number of amides is 1. The van der Waals surface area contributed by atoms with E-state index in [-0.39, 0.29) is 17.9 Å². The molecule has 1 amide bonds. The average molecular weight is 336 g/mol. The number of aryl methyl sites for hydroxylation is 1. The minimum Gasteiger partial charge on any atom is -0.369 e. The molecule has 2 aromatic rings. The van der Waals surface area contributed by atoms with Gasteiger partial charge in [0.05, 0.1) is 5.69 Å². The smallest absolute Gasteiger partial charge is 0.223 e. The van der Waals surface area contributed by atoms with Gasteiger partial charge < -0.3 is 15.2 Å². The molecule has 0 radical (unpaired) electrons. The van der Waals surface area contributed by atoms with Crippen LogP contribution < -0.4 is 10.2 Å². The molecular weight excluding hydrogens is 312 g/mol. The summed E-state index contributed by atoms with van der Waals surface area (Å²) in [6.07, 6.45) is 8.69. The Morgan fingerprint density at radius 1 is 1.40 bits per heavy atom. The van der Waals surface area contributed by atoms with Gasteiger partial charge in [-0.3, -0.25) is 9.78 Å². The topological polar surface area (TPSA) is 61.0 Å². The van der Waals surface area contributed by atoms with Crippen molar-refractivity contribution in [3.05, 3.63) is 42.5 Å². The Bertz CT molecular complexity index is 806. The Morgan fingerprint density at radius 2 is 2.24 bits per heavy atom. The summed E-state index contributed by atoms with van der Waals surface area (Å²) in [4.78, 5) is 22.2. The third-order valence-electron chi connectivity index (χ3n) is 5.20. The van der Waals surface area contributed by atoms with Crippen LogP contribution in [0, 0.1) is 12.8 Å². The third kappa shape index (κ3) is 3.06. The van der Waals surface area contributed by atoms with Crippen molar-refractivity contribution >= 4 is 17.7 Å². The molecule has 0 bridgehead atoms. The van der Waals surface area contributed by atoms with E-state index in [1.807, 2.05) is 18.5 Å². The van der Waals surface area contributed by atoms with E-state index in [4.69, 9.17) is 0 Å². The van der Waals surface area contributed by atoms with Gasteiger partial charge in [0.25, 0.3) is 0 Å². The van der Waals surface area contributed by atoms with Crippen molar-refractivity contribution in [1.29, 1.82) is 0 Å². The largest absolute Gasteiger partial charge is 0.369 e. The Kier molecular flexibility index (Phi) is 4.07. The second kappa shape index (κ2) is 6.39. The second-order valence-electron chi connectivity index (χ2n) is 7.03. The molecule has 2 fully saturated rings. The maximum Gasteiger partial charge on any atom is 0.223 e. The number of aromatic amines is 1. The lowest BCUT2D eigenvalue weighted by Crippen LogP contribution is -2.38. The zero-order chi connectivity index (χ0) is 17.4. The summed E-state index contributed by atoms with van der Waals surface area (Å²) in [6.45, 7) is 7.78. The fourth-order valence-corrected chi connectivity index (χ4v) is 3.65. The van der Waals surface area contributed by atoms with Crippen molar-refractivity contribution in [2.24, 2.45) is 5.92 Å². The highest BCUT2D eigenvalue weighted by atomic mass is 16.2. The molecule has 1 aliphatic heterocycles. The predicted molar refractivity (Wildman–Crippen MR) is 100 cm³/mol. The van der Waals surface area contributed by atoms with Crippen molar-refractivity contribution in [3.63, 3.8) is 0 Å². The van der Waals surface area contributed by atoms with Crippen molar-refractivity contribution in [2.75, 3.05) is 18.0 Å². The normalized spacial score (nSPS) is 19.9. The number of H-pyrrole nitrogens is 1. The number of hydrogen-bond acceptors (Lipinski definition) is 3. The van der Waals surface area contributed by atoms with Crippen LogP contribution in [0.3, 0.4) is 0 Å². The van der Waals surface area contributed by atoms with E-state index in [0.29, 0.717) is 0 Å². The minimum absolute atomic E-state index is 0.230. The molecule has 0 aromatic carbocycles. The molecule has 1 saturated heterocycles. The van der Waals surface area contributed by atoms with E-state index in [1.165, 1.54) is 0 Å². The first kappa shape index (κ1) is 15.9. The molecule has 2 aliphatic rings. The van der Waals surface area contributed by atoms with Gasteiger partial charge in [0.15, 0.2) is 0 Å². The van der Waals surface area contributed by atoms with Crippen molar-refractivity contribution in [1.82, 2.24) is 15.3 Å². The zero-order valence-electron chi connectivity index (χ0n) is 14.6. The summed E-state index contributed by atoms with van der Waals surface area (Å²) in [5, 5.41) is 3.21. The molecule has 1 unspecified atom stereocenters. The van der Waals surface area contributed by atoms with Crippen molar-refractivity contribution in [3.8, 4) is 11.1 Å². The van der Waals surface area contributed by atoms with Crippen LogP contribution in [0.5, 0.6) is 0 Å². The molecule has 0 spiro atoms. The highest BCUT2D eigenvalue weighted by Crippen LogP contribution is 2.37. The highest BCUT2D eigenvalue weighted by molar-refractivity contribution is 5.86. The average Bonchev–Trinajstić information content (AvgIpc) is 3.24. The first-order valence-corrected chi connectivity index (χ1v) is 8.98. The summed E-state index contributed by atoms with van der Waals surface area (Å²) in [6, 6.07) is 4.39. The quantitative estimate of drug-likeness (QED) is 0.882. The highest BCUT2D eigenvalue weighted by Gasteiger charge is 2.33. The van der Waals surface area contributed by atoms with Gasteiger partial charge in [-0.1, -0.05) is 6.58 Å². The SMILES string of the molecule is C=Cc1nccc(N2CCC(NC(=O)C3CC3)C2)c1-c1cc[nH]c1C. The number of nitrogens with one attached hydrogen (secondary N) is 2. The van der Waals surface area contributed by atoms with E-state index in [0.717, 1.165) is 60.6 Å². The monoisotopic (exact) mass is 336 g/mol. The van der Waals surface area contributed by atoms with Crippen LogP contribution in [0.1, 0.15) is 30.7 Å². The molecule has 5 nitrogen and oxygen atoms in total. The summed E-state index contributed by atoms with van der Waals surface area (Å²) >= 11 is 0. The molecule has 25 heavy (non-hydrogen) atoms. The standard InChI is InChI=1S/C20H24N4O/c1-3-17-19(16-6-9-21-13(16)2)18(7-10-22-17)24-11-8-15(12-24)23-20(25)14-4-5-14/h3,6-7,9-10,14-15,21H,1,4-5,8,11-12H2,2H3,(H,23,25). The number of aromatic nitrogens is 2. The van der Waals surface area contributed by atoms with Gasteiger partial charge >= 0.3 is 0 Å². The number of pyridine rings is 1. The van der Waals surface area contributed by atoms with Crippen LogP contribution in [-0.4, -0.2) is 35.0 Å². The molecule has 2 aromatic heterocycles. The van der Waals surface area contributed by atoms with Gasteiger partial charge in [-0.25, -0.2) is 0 Å². The molecule has 1 saturated carbocycles. The number of hydrogen-bond donors (Lipinski definition) is 2. The van der Waals surface area contributed by atoms with E-state index < -0.39 is 0 Å². The first-order valence-electron chi connectivity index (χ1n) is 8.98. The van der Waals surface area contributed by atoms with Crippen LogP contribution in [0.15, 0.2) is 31.1 Å². The lowest BCUT2D eigenvalue weighted by atomic mass is 10.0. The van der Waals surface area contributed by atoms with Crippen LogP contribution in [0.25, 0.3) is 17.2 Å². The van der Waals surface area contributed by atoms with Gasteiger partial charge in [-0.2, -0.15) is 0 Å². The van der Waals surface area contributed by atoms with E-state index in [9.17, 15) is 4.79 Å². The first-order chi connectivity index (χ1) is 12.2. The van der Waals surface area contributed by atoms with E-state index in [2.05, 4.69) is 45.8 Å². The lowest BCUT2D eigenvalue weighted by molar-refractivity contribution is -0.122. The van der Waals surface area contributed by atoms with Gasteiger partial charge in [-0.05, 0) is 44.4 Å². The minimum atomic E-state index is 0.230. The number of carbonyl (C=O) groups excluding carboxylic acids is 1. The molecular formula is C20H24N4O. The number of anilines is 1. The molecule has 4 rings (SSSR count). The van der Waals surface area contributed by atoms with Crippen molar-refractivity contribution < 1.29 is 4.79 Å². The molecule has 5 heteroatoms. The van der Waals surface area contributed by atoms with Crippen molar-refractivity contribution in [2.45, 2.75) is 32.2 Å². The van der Waals surface area contributed by atoms with E-state index >= 15 is 0 Å².